The van der Waals surface area contributed by atoms with E-state index >= 15 is 0 Å². The van der Waals surface area contributed by atoms with E-state index in [0.29, 0.717) is 10.9 Å². The lowest BCUT2D eigenvalue weighted by Crippen LogP contribution is -2.49. The van der Waals surface area contributed by atoms with Crippen molar-refractivity contribution in [1.82, 2.24) is 4.90 Å². The van der Waals surface area contributed by atoms with E-state index in [0.717, 1.165) is 5.71 Å². The van der Waals surface area contributed by atoms with Crippen LogP contribution in [0.15, 0.2) is 10.2 Å². The molecule has 0 bridgehead atoms. The summed E-state index contributed by atoms with van der Waals surface area (Å²) in [6.07, 6.45) is 0. The summed E-state index contributed by atoms with van der Waals surface area (Å²) in [4.78, 5) is 12.7. The summed E-state index contributed by atoms with van der Waals surface area (Å²) in [7, 11) is 1.73. The molecule has 0 aromatic carbocycles. The Kier molecular flexibility index (Phi) is 3.38. The van der Waals surface area contributed by atoms with Crippen LogP contribution in [0, 0.1) is 0 Å². The van der Waals surface area contributed by atoms with Crippen LogP contribution >= 0.6 is 11.8 Å². The van der Waals surface area contributed by atoms with E-state index in [1.807, 2.05) is 13.8 Å². The van der Waals surface area contributed by atoms with Crippen molar-refractivity contribution in [2.24, 2.45) is 10.2 Å². The van der Waals surface area contributed by atoms with E-state index in [4.69, 9.17) is 5.11 Å². The van der Waals surface area contributed by atoms with E-state index in [9.17, 15) is 4.79 Å². The minimum Gasteiger partial charge on any atom is -0.479 e. The molecule has 1 saturated heterocycles. The van der Waals surface area contributed by atoms with Gasteiger partial charge in [-0.1, -0.05) is 11.8 Å². The van der Waals surface area contributed by atoms with Crippen LogP contribution in [-0.2, 0) is 4.79 Å². The molecule has 0 radical (unpaired) electrons. The number of likely N-dealkylation sites (N-methyl/N-ethyl adjacent to an activating group) is 1. The Morgan fingerprint density at radius 1 is 1.60 bits per heavy atom. The van der Waals surface area contributed by atoms with Gasteiger partial charge in [-0.15, -0.1) is 5.10 Å². The van der Waals surface area contributed by atoms with Crippen LogP contribution < -0.4 is 0 Å². The molecule has 1 atom stereocenters. The second-order valence-corrected chi connectivity index (χ2v) is 4.80. The summed E-state index contributed by atoms with van der Waals surface area (Å²) in [6.45, 7) is 5.38. The van der Waals surface area contributed by atoms with Gasteiger partial charge in [-0.05, 0) is 20.8 Å². The average molecular weight is 229 g/mol. The Balaban J connectivity index is 2.90. The smallest absolute Gasteiger partial charge is 0.330 e. The van der Waals surface area contributed by atoms with Gasteiger partial charge in [0.1, 0.15) is 5.54 Å². The van der Waals surface area contributed by atoms with Crippen molar-refractivity contribution >= 4 is 28.6 Å². The van der Waals surface area contributed by atoms with Crippen molar-refractivity contribution in [3.8, 4) is 0 Å². The Morgan fingerprint density at radius 2 is 2.20 bits per heavy atom. The molecule has 0 aromatic heterocycles. The first-order chi connectivity index (χ1) is 6.88. The zero-order chi connectivity index (χ0) is 11.6. The molecule has 15 heavy (non-hydrogen) atoms. The fourth-order valence-electron chi connectivity index (χ4n) is 1.05. The van der Waals surface area contributed by atoms with Crippen LogP contribution in [0.3, 0.4) is 0 Å². The molecule has 0 aliphatic carbocycles. The van der Waals surface area contributed by atoms with Crippen LogP contribution in [0.2, 0.25) is 0 Å². The Morgan fingerprint density at radius 3 is 2.60 bits per heavy atom. The molecule has 1 rings (SSSR count). The van der Waals surface area contributed by atoms with Gasteiger partial charge in [0, 0.05) is 18.5 Å². The van der Waals surface area contributed by atoms with E-state index < -0.39 is 11.5 Å². The van der Waals surface area contributed by atoms with E-state index in [1.165, 1.54) is 11.8 Å². The molecule has 0 aromatic rings. The molecule has 84 valence electrons. The summed E-state index contributed by atoms with van der Waals surface area (Å²) in [5.74, 6) is -0.337. The molecule has 1 aliphatic rings. The van der Waals surface area contributed by atoms with Crippen LogP contribution in [0.4, 0.5) is 0 Å². The summed E-state index contributed by atoms with van der Waals surface area (Å²) in [6, 6.07) is 0. The van der Waals surface area contributed by atoms with Gasteiger partial charge in [0.2, 0.25) is 0 Å². The summed E-state index contributed by atoms with van der Waals surface area (Å²) < 4.78 is 0. The number of thioether (sulfide) groups is 1. The second kappa shape index (κ2) is 4.22. The highest BCUT2D eigenvalue weighted by Crippen LogP contribution is 2.31. The molecule has 1 fully saturated rings. The first-order valence-electron chi connectivity index (χ1n) is 4.57. The lowest BCUT2D eigenvalue weighted by Gasteiger charge is -2.27. The van der Waals surface area contributed by atoms with Crippen LogP contribution in [0.1, 0.15) is 20.8 Å². The molecule has 0 amide bonds. The van der Waals surface area contributed by atoms with Gasteiger partial charge in [0.15, 0.2) is 5.17 Å². The summed E-state index contributed by atoms with van der Waals surface area (Å²) in [5.41, 5.74) is -0.0267. The fourth-order valence-corrected chi connectivity index (χ4v) is 2.27. The Labute approximate surface area is 93.3 Å². The maximum absolute atomic E-state index is 11.1. The predicted octanol–water partition coefficient (Wildman–Crippen LogP) is 1.26. The van der Waals surface area contributed by atoms with Crippen molar-refractivity contribution < 1.29 is 9.90 Å². The monoisotopic (exact) mass is 229 g/mol. The van der Waals surface area contributed by atoms with Gasteiger partial charge < -0.3 is 10.0 Å². The van der Waals surface area contributed by atoms with Gasteiger partial charge in [-0.2, -0.15) is 5.10 Å². The maximum atomic E-state index is 11.1. The number of aliphatic carboxylic acids is 1. The van der Waals surface area contributed by atoms with Crippen LogP contribution in [0.5, 0.6) is 0 Å². The standard InChI is InChI=1S/C9H15N3O2S/c1-6(2)10-11-8-12(4)9(3,5-15-8)7(13)14/h5H2,1-4H3,(H,13,14)/b11-8+. The molecule has 5 nitrogen and oxygen atoms in total. The molecular weight excluding hydrogens is 214 g/mol. The molecule has 1 heterocycles. The molecule has 1 aliphatic heterocycles. The number of amidine groups is 1. The van der Waals surface area contributed by atoms with Gasteiger partial charge in [0.05, 0.1) is 0 Å². The van der Waals surface area contributed by atoms with Gasteiger partial charge >= 0.3 is 5.97 Å². The number of carboxylic acids is 1. The van der Waals surface area contributed by atoms with E-state index in [1.54, 1.807) is 18.9 Å². The van der Waals surface area contributed by atoms with Gasteiger partial charge in [-0.3, -0.25) is 0 Å². The highest BCUT2D eigenvalue weighted by Gasteiger charge is 2.45. The normalized spacial score (nSPS) is 28.3. The molecule has 6 heteroatoms. The number of carboxylic acid groups (broad SMARTS) is 1. The first kappa shape index (κ1) is 12.0. The minimum atomic E-state index is -0.874. The minimum absolute atomic E-state index is 0.496. The third-order valence-corrected chi connectivity index (χ3v) is 3.63. The number of hydrogen-bond donors (Lipinski definition) is 1. The Bertz CT molecular complexity index is 336. The topological polar surface area (TPSA) is 65.3 Å². The van der Waals surface area contributed by atoms with E-state index in [2.05, 4.69) is 10.2 Å². The van der Waals surface area contributed by atoms with Crippen molar-refractivity contribution in [3.05, 3.63) is 0 Å². The predicted molar refractivity (Wildman–Crippen MR) is 62.5 cm³/mol. The third kappa shape index (κ3) is 2.31. The summed E-state index contributed by atoms with van der Waals surface area (Å²) >= 11 is 1.42. The largest absolute Gasteiger partial charge is 0.479 e. The fraction of sp³-hybridized carbons (Fsp3) is 0.667. The first-order valence-corrected chi connectivity index (χ1v) is 5.55. The van der Waals surface area contributed by atoms with Crippen molar-refractivity contribution in [1.29, 1.82) is 0 Å². The number of rotatable bonds is 2. The third-order valence-electron chi connectivity index (χ3n) is 2.31. The molecule has 0 spiro atoms. The zero-order valence-corrected chi connectivity index (χ0v) is 10.1. The van der Waals surface area contributed by atoms with Gasteiger partial charge in [-0.25, -0.2) is 4.79 Å². The van der Waals surface area contributed by atoms with Crippen LogP contribution in [0.25, 0.3) is 0 Å². The maximum Gasteiger partial charge on any atom is 0.330 e. The van der Waals surface area contributed by atoms with Crippen molar-refractivity contribution in [3.63, 3.8) is 0 Å². The lowest BCUT2D eigenvalue weighted by atomic mass is 10.1. The number of hydrogen-bond acceptors (Lipinski definition) is 4. The zero-order valence-electron chi connectivity index (χ0n) is 9.31. The SMILES string of the molecule is CC(C)=N/N=C1/SCC(C)(C(=O)O)N1C. The Hall–Kier alpha value is -1.04. The van der Waals surface area contributed by atoms with Crippen molar-refractivity contribution in [2.75, 3.05) is 12.8 Å². The second-order valence-electron chi connectivity index (χ2n) is 3.86. The number of nitrogens with zero attached hydrogens (tertiary/aromatic N) is 3. The van der Waals surface area contributed by atoms with Crippen molar-refractivity contribution in [2.45, 2.75) is 26.3 Å². The van der Waals surface area contributed by atoms with Crippen LogP contribution in [-0.4, -0.2) is 45.2 Å². The lowest BCUT2D eigenvalue weighted by molar-refractivity contribution is -0.145. The summed E-state index contributed by atoms with van der Waals surface area (Å²) in [5, 5.41) is 17.7. The molecule has 0 saturated carbocycles. The van der Waals surface area contributed by atoms with Gasteiger partial charge in [0.25, 0.3) is 0 Å². The van der Waals surface area contributed by atoms with E-state index in [-0.39, 0.29) is 0 Å². The molecule has 1 N–H and O–H groups in total. The average Bonchev–Trinajstić information content (AvgIpc) is 2.42. The molecule has 1 unspecified atom stereocenters. The quantitative estimate of drug-likeness (QED) is 0.572. The highest BCUT2D eigenvalue weighted by molar-refractivity contribution is 8.14. The molecular formula is C9H15N3O2S. The highest BCUT2D eigenvalue weighted by atomic mass is 32.2. The number of carbonyl (C=O) groups is 1.